The molecule has 0 aliphatic rings. The Kier molecular flexibility index (Phi) is 9.03. The summed E-state index contributed by atoms with van der Waals surface area (Å²) in [5.74, 6) is -0.475. The maximum Gasteiger partial charge on any atom is 0.337 e. The summed E-state index contributed by atoms with van der Waals surface area (Å²) in [5, 5.41) is 0. The predicted octanol–water partition coefficient (Wildman–Crippen LogP) is 0.921. The Labute approximate surface area is 136 Å². The molecule has 0 bridgehead atoms. The minimum atomic E-state index is -3.70. The van der Waals surface area contributed by atoms with Crippen molar-refractivity contribution in [3.8, 4) is 5.75 Å². The van der Waals surface area contributed by atoms with Gasteiger partial charge in [0.05, 0.1) is 19.8 Å². The monoisotopic (exact) mass is 352 g/mol. The molecule has 22 heavy (non-hydrogen) atoms. The number of unbranched alkanes of at least 4 members (excludes halogenated alkanes) is 1. The van der Waals surface area contributed by atoms with Crippen molar-refractivity contribution in [2.24, 2.45) is 5.73 Å². The molecule has 1 aromatic rings. The largest absolute Gasteiger partial charge is 0.495 e. The molecule has 0 atom stereocenters. The van der Waals surface area contributed by atoms with E-state index in [2.05, 4.69) is 9.46 Å². The highest BCUT2D eigenvalue weighted by atomic mass is 35.5. The van der Waals surface area contributed by atoms with Crippen molar-refractivity contribution in [1.29, 1.82) is 0 Å². The minimum absolute atomic E-state index is 0. The molecule has 0 aliphatic carbocycles. The number of nitrogens with one attached hydrogen (secondary N) is 1. The van der Waals surface area contributed by atoms with Gasteiger partial charge in [-0.15, -0.1) is 12.4 Å². The van der Waals surface area contributed by atoms with Gasteiger partial charge in [0, 0.05) is 6.54 Å². The van der Waals surface area contributed by atoms with Crippen LogP contribution in [0.2, 0.25) is 0 Å². The number of esters is 1. The molecule has 0 saturated heterocycles. The Morgan fingerprint density at radius 3 is 2.50 bits per heavy atom. The van der Waals surface area contributed by atoms with Crippen LogP contribution in [0.3, 0.4) is 0 Å². The van der Waals surface area contributed by atoms with Crippen LogP contribution in [0.25, 0.3) is 0 Å². The SMILES string of the molecule is COC(=O)c1ccc(S(=O)(=O)NCCCCN)c(OC)c1.Cl. The molecule has 0 amide bonds. The average Bonchev–Trinajstić information content (AvgIpc) is 2.50. The van der Waals surface area contributed by atoms with E-state index in [4.69, 9.17) is 10.5 Å². The number of nitrogens with two attached hydrogens (primary N) is 1. The number of carbonyl (C=O) groups is 1. The molecule has 0 heterocycles. The van der Waals surface area contributed by atoms with Crippen molar-refractivity contribution in [3.63, 3.8) is 0 Å². The van der Waals surface area contributed by atoms with E-state index in [0.717, 1.165) is 6.42 Å². The highest BCUT2D eigenvalue weighted by Crippen LogP contribution is 2.25. The Morgan fingerprint density at radius 2 is 1.95 bits per heavy atom. The molecule has 0 spiro atoms. The zero-order chi connectivity index (χ0) is 15.9. The molecule has 0 radical (unpaired) electrons. The van der Waals surface area contributed by atoms with E-state index in [0.29, 0.717) is 19.5 Å². The van der Waals surface area contributed by atoms with E-state index in [1.54, 1.807) is 0 Å². The number of benzene rings is 1. The first-order valence-corrected chi connectivity index (χ1v) is 7.90. The van der Waals surface area contributed by atoms with E-state index < -0.39 is 16.0 Å². The van der Waals surface area contributed by atoms with Gasteiger partial charge in [0.1, 0.15) is 10.6 Å². The standard InChI is InChI=1S/C13H20N2O5S.ClH/c1-19-11-9-10(13(16)20-2)5-6-12(11)21(17,18)15-8-4-3-7-14;/h5-6,9,15H,3-4,7-8,14H2,1-2H3;1H. The van der Waals surface area contributed by atoms with Crippen molar-refractivity contribution in [2.45, 2.75) is 17.7 Å². The van der Waals surface area contributed by atoms with Gasteiger partial charge in [-0.25, -0.2) is 17.9 Å². The van der Waals surface area contributed by atoms with Crippen molar-refractivity contribution in [1.82, 2.24) is 4.72 Å². The number of hydrogen-bond acceptors (Lipinski definition) is 6. The summed E-state index contributed by atoms with van der Waals surface area (Å²) in [6.45, 7) is 0.806. The van der Waals surface area contributed by atoms with Crippen LogP contribution < -0.4 is 15.2 Å². The van der Waals surface area contributed by atoms with Crippen molar-refractivity contribution >= 4 is 28.4 Å². The van der Waals surface area contributed by atoms with Crippen LogP contribution in [0, 0.1) is 0 Å². The maximum atomic E-state index is 12.2. The lowest BCUT2D eigenvalue weighted by atomic mass is 10.2. The first-order chi connectivity index (χ1) is 9.96. The van der Waals surface area contributed by atoms with Crippen LogP contribution in [0.15, 0.2) is 23.1 Å². The predicted molar refractivity (Wildman–Crippen MR) is 85.1 cm³/mol. The van der Waals surface area contributed by atoms with Gasteiger partial charge in [-0.2, -0.15) is 0 Å². The van der Waals surface area contributed by atoms with E-state index in [1.165, 1.54) is 32.4 Å². The third-order valence-electron chi connectivity index (χ3n) is 2.80. The van der Waals surface area contributed by atoms with Crippen molar-refractivity contribution in [3.05, 3.63) is 23.8 Å². The second kappa shape index (κ2) is 9.62. The molecule has 3 N–H and O–H groups in total. The van der Waals surface area contributed by atoms with Crippen molar-refractivity contribution < 1.29 is 22.7 Å². The van der Waals surface area contributed by atoms with Crippen LogP contribution in [-0.4, -0.2) is 41.7 Å². The van der Waals surface area contributed by atoms with Gasteiger partial charge < -0.3 is 15.2 Å². The number of ether oxygens (including phenoxy) is 2. The number of rotatable bonds is 8. The van der Waals surface area contributed by atoms with E-state index in [1.807, 2.05) is 0 Å². The zero-order valence-electron chi connectivity index (χ0n) is 12.5. The normalized spacial score (nSPS) is 10.7. The fourth-order valence-corrected chi connectivity index (χ4v) is 2.91. The van der Waals surface area contributed by atoms with Gasteiger partial charge in [-0.3, -0.25) is 0 Å². The third-order valence-corrected chi connectivity index (χ3v) is 4.30. The minimum Gasteiger partial charge on any atom is -0.495 e. The first-order valence-electron chi connectivity index (χ1n) is 6.42. The molecule has 0 aromatic heterocycles. The highest BCUT2D eigenvalue weighted by Gasteiger charge is 2.20. The molecular weight excluding hydrogens is 332 g/mol. The molecule has 0 fully saturated rings. The molecule has 0 unspecified atom stereocenters. The van der Waals surface area contributed by atoms with E-state index in [-0.39, 0.29) is 28.6 Å². The molecule has 7 nitrogen and oxygen atoms in total. The third kappa shape index (κ3) is 5.45. The fourth-order valence-electron chi connectivity index (χ4n) is 1.69. The maximum absolute atomic E-state index is 12.2. The Hall–Kier alpha value is -1.35. The van der Waals surface area contributed by atoms with Crippen LogP contribution in [0.1, 0.15) is 23.2 Å². The van der Waals surface area contributed by atoms with Crippen LogP contribution in [0.5, 0.6) is 5.75 Å². The molecule has 9 heteroatoms. The Balaban J connectivity index is 0.00000441. The average molecular weight is 353 g/mol. The summed E-state index contributed by atoms with van der Waals surface area (Å²) < 4.78 is 36.5. The highest BCUT2D eigenvalue weighted by molar-refractivity contribution is 7.89. The van der Waals surface area contributed by atoms with E-state index in [9.17, 15) is 13.2 Å². The van der Waals surface area contributed by atoms with Gasteiger partial charge in [-0.1, -0.05) is 0 Å². The van der Waals surface area contributed by atoms with Gasteiger partial charge >= 0.3 is 5.97 Å². The molecule has 1 rings (SSSR count). The van der Waals surface area contributed by atoms with Gasteiger partial charge in [0.25, 0.3) is 0 Å². The van der Waals surface area contributed by atoms with E-state index >= 15 is 0 Å². The summed E-state index contributed by atoms with van der Waals surface area (Å²) in [4.78, 5) is 11.4. The number of sulfonamides is 1. The van der Waals surface area contributed by atoms with Crippen LogP contribution in [0.4, 0.5) is 0 Å². The lowest BCUT2D eigenvalue weighted by Crippen LogP contribution is -2.25. The summed E-state index contributed by atoms with van der Waals surface area (Å²) >= 11 is 0. The van der Waals surface area contributed by atoms with Gasteiger partial charge in [0.15, 0.2) is 0 Å². The first kappa shape index (κ1) is 20.6. The molecule has 126 valence electrons. The molecular formula is C13H21ClN2O5S. The lowest BCUT2D eigenvalue weighted by molar-refractivity contribution is 0.0600. The van der Waals surface area contributed by atoms with Gasteiger partial charge in [0.2, 0.25) is 10.0 Å². The smallest absolute Gasteiger partial charge is 0.337 e. The van der Waals surface area contributed by atoms with Crippen molar-refractivity contribution in [2.75, 3.05) is 27.3 Å². The second-order valence-electron chi connectivity index (χ2n) is 4.25. The van der Waals surface area contributed by atoms with Crippen LogP contribution in [-0.2, 0) is 14.8 Å². The number of carbonyl (C=O) groups excluding carboxylic acids is 1. The second-order valence-corrected chi connectivity index (χ2v) is 5.99. The Morgan fingerprint density at radius 1 is 1.27 bits per heavy atom. The zero-order valence-corrected chi connectivity index (χ0v) is 14.1. The fraction of sp³-hybridized carbons (Fsp3) is 0.462. The molecule has 0 aliphatic heterocycles. The summed E-state index contributed by atoms with van der Waals surface area (Å²) in [6.07, 6.45) is 1.39. The van der Waals surface area contributed by atoms with Crippen LogP contribution >= 0.6 is 12.4 Å². The Bertz CT molecular complexity index is 592. The molecule has 1 aromatic carbocycles. The lowest BCUT2D eigenvalue weighted by Gasteiger charge is -2.11. The van der Waals surface area contributed by atoms with Gasteiger partial charge in [-0.05, 0) is 37.6 Å². The summed E-state index contributed by atoms with van der Waals surface area (Å²) in [7, 11) is -1.11. The topological polar surface area (TPSA) is 108 Å². The number of halogens is 1. The number of hydrogen-bond donors (Lipinski definition) is 2. The summed E-state index contributed by atoms with van der Waals surface area (Å²) in [5.41, 5.74) is 5.57. The molecule has 0 saturated carbocycles. The summed E-state index contributed by atoms with van der Waals surface area (Å²) in [6, 6.07) is 4.03. The number of methoxy groups -OCH3 is 2. The quantitative estimate of drug-likeness (QED) is 0.532.